The molecule has 0 aliphatic carbocycles. The minimum absolute atomic E-state index is 0.00248. The van der Waals surface area contributed by atoms with Gasteiger partial charge in [-0.1, -0.05) is 35.1 Å². The summed E-state index contributed by atoms with van der Waals surface area (Å²) in [5.41, 5.74) is 2.76. The molecule has 1 atom stereocenters. The molecule has 0 spiro atoms. The van der Waals surface area contributed by atoms with Crippen molar-refractivity contribution in [3.05, 3.63) is 69.4 Å². The molecule has 0 bridgehead atoms. The third-order valence-corrected chi connectivity index (χ3v) is 6.51. The van der Waals surface area contributed by atoms with Crippen LogP contribution in [-0.2, 0) is 0 Å². The van der Waals surface area contributed by atoms with Crippen LogP contribution in [0, 0.1) is 19.7 Å². The van der Waals surface area contributed by atoms with Crippen LogP contribution in [0.1, 0.15) is 44.7 Å². The highest BCUT2D eigenvalue weighted by atomic mass is 32.1. The van der Waals surface area contributed by atoms with Crippen LogP contribution in [-0.4, -0.2) is 40.1 Å². The fraction of sp³-hybridized carbons (Fsp3) is 0.304. The van der Waals surface area contributed by atoms with Crippen LogP contribution in [0.4, 0.5) is 20.6 Å². The average Bonchev–Trinajstić information content (AvgIpc) is 3.28. The van der Waals surface area contributed by atoms with Gasteiger partial charge in [-0.05, 0) is 56.5 Å². The van der Waals surface area contributed by atoms with Crippen LogP contribution < -0.4 is 10.6 Å². The summed E-state index contributed by atoms with van der Waals surface area (Å²) in [6.45, 7) is 4.73. The number of halogens is 1. The van der Waals surface area contributed by atoms with Gasteiger partial charge in [0.1, 0.15) is 10.8 Å². The van der Waals surface area contributed by atoms with Gasteiger partial charge in [0.05, 0.1) is 0 Å². The maximum atomic E-state index is 13.8. The minimum atomic E-state index is -0.357. The van der Waals surface area contributed by atoms with Crippen LogP contribution in [0.15, 0.2) is 42.5 Å². The molecule has 2 N–H and O–H groups in total. The van der Waals surface area contributed by atoms with Crippen LogP contribution in [0.5, 0.6) is 0 Å². The second-order valence-electron chi connectivity index (χ2n) is 7.94. The Morgan fingerprint density at radius 1 is 1.06 bits per heavy atom. The van der Waals surface area contributed by atoms with E-state index in [9.17, 15) is 14.0 Å². The maximum Gasteiger partial charge on any atom is 0.321 e. The number of carbonyl (C=O) groups is 2. The lowest BCUT2D eigenvalue weighted by atomic mass is 9.99. The van der Waals surface area contributed by atoms with E-state index in [-0.39, 0.29) is 28.7 Å². The van der Waals surface area contributed by atoms with E-state index in [0.29, 0.717) is 30.0 Å². The van der Waals surface area contributed by atoms with E-state index in [4.69, 9.17) is 0 Å². The Kier molecular flexibility index (Phi) is 6.45. The fourth-order valence-corrected chi connectivity index (χ4v) is 4.41. The molecule has 0 unspecified atom stereocenters. The first-order valence-corrected chi connectivity index (χ1v) is 11.2. The van der Waals surface area contributed by atoms with Gasteiger partial charge in [0.2, 0.25) is 5.01 Å². The molecule has 4 rings (SSSR count). The van der Waals surface area contributed by atoms with Gasteiger partial charge in [-0.15, -0.1) is 10.2 Å². The van der Waals surface area contributed by atoms with E-state index in [1.165, 1.54) is 17.4 Å². The number of amides is 3. The lowest BCUT2D eigenvalue weighted by Crippen LogP contribution is -2.41. The molecule has 0 saturated carbocycles. The molecular formula is C23H24FN5O2S. The van der Waals surface area contributed by atoms with Gasteiger partial charge in [-0.25, -0.2) is 9.18 Å². The van der Waals surface area contributed by atoms with Crippen molar-refractivity contribution in [1.29, 1.82) is 0 Å². The molecule has 3 aromatic rings. The number of piperidine rings is 1. The molecule has 1 aliphatic rings. The van der Waals surface area contributed by atoms with Gasteiger partial charge in [0.15, 0.2) is 0 Å². The van der Waals surface area contributed by atoms with Crippen LogP contribution >= 0.6 is 11.3 Å². The van der Waals surface area contributed by atoms with Gasteiger partial charge >= 0.3 is 6.03 Å². The first-order valence-electron chi connectivity index (χ1n) is 10.4. The molecule has 1 saturated heterocycles. The smallest absolute Gasteiger partial charge is 0.321 e. The third kappa shape index (κ3) is 5.11. The quantitative estimate of drug-likeness (QED) is 0.585. The van der Waals surface area contributed by atoms with Crippen molar-refractivity contribution in [3.8, 4) is 0 Å². The largest absolute Gasteiger partial charge is 0.324 e. The Hall–Kier alpha value is -3.33. The van der Waals surface area contributed by atoms with E-state index in [1.54, 1.807) is 24.0 Å². The average molecular weight is 454 g/mol. The van der Waals surface area contributed by atoms with Crippen LogP contribution in [0.25, 0.3) is 0 Å². The summed E-state index contributed by atoms with van der Waals surface area (Å²) < 4.78 is 13.8. The highest BCUT2D eigenvalue weighted by Crippen LogP contribution is 2.30. The molecule has 1 aromatic heterocycles. The highest BCUT2D eigenvalue weighted by molar-refractivity contribution is 7.13. The summed E-state index contributed by atoms with van der Waals surface area (Å²) in [7, 11) is 0. The van der Waals surface area contributed by atoms with Crippen molar-refractivity contribution in [2.45, 2.75) is 32.6 Å². The number of benzene rings is 2. The van der Waals surface area contributed by atoms with Crippen molar-refractivity contribution < 1.29 is 14.0 Å². The van der Waals surface area contributed by atoms with Crippen molar-refractivity contribution in [1.82, 2.24) is 15.1 Å². The SMILES string of the molecule is Cc1ccc(NC(=O)c2nnc([C@@H]3CCCN(C(=O)Nc4ccc(C)c(F)c4)C3)s2)cc1. The summed E-state index contributed by atoms with van der Waals surface area (Å²) in [6, 6.07) is 11.9. The molecular weight excluding hydrogens is 429 g/mol. The maximum absolute atomic E-state index is 13.8. The number of aryl methyl sites for hydroxylation is 2. The number of carbonyl (C=O) groups excluding carboxylic acids is 2. The number of likely N-dealkylation sites (tertiary alicyclic amines) is 1. The predicted octanol–water partition coefficient (Wildman–Crippen LogP) is 4.96. The van der Waals surface area contributed by atoms with Crippen LogP contribution in [0.2, 0.25) is 0 Å². The van der Waals surface area contributed by atoms with Gasteiger partial charge < -0.3 is 15.5 Å². The first kappa shape index (κ1) is 21.9. The Labute approximate surface area is 189 Å². The number of hydrogen-bond donors (Lipinski definition) is 2. The highest BCUT2D eigenvalue weighted by Gasteiger charge is 2.28. The number of rotatable bonds is 4. The summed E-state index contributed by atoms with van der Waals surface area (Å²) >= 11 is 1.25. The van der Waals surface area contributed by atoms with E-state index in [1.807, 2.05) is 31.2 Å². The van der Waals surface area contributed by atoms with E-state index >= 15 is 0 Å². The van der Waals surface area contributed by atoms with Crippen molar-refractivity contribution in [2.75, 3.05) is 23.7 Å². The molecule has 2 aromatic carbocycles. The molecule has 1 aliphatic heterocycles. The normalized spacial score (nSPS) is 16.0. The Morgan fingerprint density at radius 2 is 1.81 bits per heavy atom. The van der Waals surface area contributed by atoms with Crippen LogP contribution in [0.3, 0.4) is 0 Å². The Morgan fingerprint density at radius 3 is 2.56 bits per heavy atom. The topological polar surface area (TPSA) is 87.2 Å². The molecule has 7 nitrogen and oxygen atoms in total. The van der Waals surface area contributed by atoms with E-state index < -0.39 is 0 Å². The number of urea groups is 1. The van der Waals surface area contributed by atoms with Gasteiger partial charge in [-0.3, -0.25) is 4.79 Å². The minimum Gasteiger partial charge on any atom is -0.324 e. The van der Waals surface area contributed by atoms with Crippen molar-refractivity contribution in [2.24, 2.45) is 0 Å². The molecule has 32 heavy (non-hydrogen) atoms. The lowest BCUT2D eigenvalue weighted by Gasteiger charge is -2.31. The zero-order valence-corrected chi connectivity index (χ0v) is 18.7. The summed E-state index contributed by atoms with van der Waals surface area (Å²) in [4.78, 5) is 26.9. The number of nitrogens with zero attached hydrogens (tertiary/aromatic N) is 3. The Bertz CT molecular complexity index is 1130. The molecule has 0 radical (unpaired) electrons. The second-order valence-corrected chi connectivity index (χ2v) is 8.95. The summed E-state index contributed by atoms with van der Waals surface area (Å²) in [6.07, 6.45) is 1.67. The number of hydrogen-bond acceptors (Lipinski definition) is 5. The Balaban J connectivity index is 1.38. The molecule has 166 valence electrons. The lowest BCUT2D eigenvalue weighted by molar-refractivity contribution is 0.102. The predicted molar refractivity (Wildman–Crippen MR) is 123 cm³/mol. The van der Waals surface area contributed by atoms with E-state index in [2.05, 4.69) is 20.8 Å². The third-order valence-electron chi connectivity index (χ3n) is 5.43. The van der Waals surface area contributed by atoms with Crippen molar-refractivity contribution in [3.63, 3.8) is 0 Å². The number of aromatic nitrogens is 2. The standard InChI is InChI=1S/C23H24FN5O2S/c1-14-5-8-17(9-6-14)25-20(30)22-28-27-21(32-22)16-4-3-11-29(13-16)23(31)26-18-10-7-15(2)19(24)12-18/h5-10,12,16H,3-4,11,13H2,1-2H3,(H,25,30)(H,26,31)/t16-/m1/s1. The first-order chi connectivity index (χ1) is 15.4. The molecule has 2 heterocycles. The molecule has 9 heteroatoms. The number of nitrogens with one attached hydrogen (secondary N) is 2. The monoisotopic (exact) mass is 453 g/mol. The summed E-state index contributed by atoms with van der Waals surface area (Å²) in [5, 5.41) is 14.9. The second kappa shape index (κ2) is 9.44. The van der Waals surface area contributed by atoms with Gasteiger partial charge in [0, 0.05) is 30.4 Å². The fourth-order valence-electron chi connectivity index (χ4n) is 3.55. The molecule has 3 amide bonds. The molecule has 1 fully saturated rings. The zero-order valence-electron chi connectivity index (χ0n) is 17.9. The van der Waals surface area contributed by atoms with Crippen molar-refractivity contribution >= 4 is 34.6 Å². The number of anilines is 2. The van der Waals surface area contributed by atoms with Gasteiger partial charge in [-0.2, -0.15) is 0 Å². The van der Waals surface area contributed by atoms with Gasteiger partial charge in [0.25, 0.3) is 5.91 Å². The summed E-state index contributed by atoms with van der Waals surface area (Å²) in [5.74, 6) is -0.656. The zero-order chi connectivity index (χ0) is 22.7. The van der Waals surface area contributed by atoms with E-state index in [0.717, 1.165) is 23.4 Å².